The normalized spacial score (nSPS) is 9.87. The predicted molar refractivity (Wildman–Crippen MR) is 60.5 cm³/mol. The van der Waals surface area contributed by atoms with Gasteiger partial charge in [-0.3, -0.25) is 4.79 Å². The van der Waals surface area contributed by atoms with Crippen molar-refractivity contribution in [3.05, 3.63) is 41.4 Å². The first kappa shape index (κ1) is 9.86. The number of aromatic nitrogens is 1. The molecule has 2 rings (SSSR count). The summed E-state index contributed by atoms with van der Waals surface area (Å²) in [5.74, 6) is 0. The van der Waals surface area contributed by atoms with Crippen molar-refractivity contribution in [1.82, 2.24) is 10.3 Å². The first-order valence-corrected chi connectivity index (χ1v) is 5.39. The largest absolute Gasteiger partial charge is 0.354 e. The first-order valence-electron chi connectivity index (χ1n) is 4.57. The molecule has 1 aromatic carbocycles. The van der Waals surface area contributed by atoms with Gasteiger partial charge in [-0.25, -0.2) is 4.98 Å². The van der Waals surface area contributed by atoms with Crippen LogP contribution < -0.4 is 5.32 Å². The van der Waals surface area contributed by atoms with E-state index in [1.807, 2.05) is 30.3 Å². The summed E-state index contributed by atoms with van der Waals surface area (Å²) in [6.07, 6.45) is 2.49. The average Bonchev–Trinajstić information content (AvgIpc) is 2.76. The molecule has 1 heterocycles. The highest BCUT2D eigenvalue weighted by Gasteiger charge is 2.02. The van der Waals surface area contributed by atoms with Crippen molar-refractivity contribution in [1.29, 1.82) is 0 Å². The van der Waals surface area contributed by atoms with Crippen molar-refractivity contribution < 1.29 is 4.79 Å². The second-order valence-electron chi connectivity index (χ2n) is 3.00. The summed E-state index contributed by atoms with van der Waals surface area (Å²) in [6, 6.07) is 10.00. The van der Waals surface area contributed by atoms with E-state index in [-0.39, 0.29) is 0 Å². The molecule has 0 saturated carbocycles. The van der Waals surface area contributed by atoms with Crippen molar-refractivity contribution in [2.24, 2.45) is 0 Å². The molecule has 0 bridgehead atoms. The minimum absolute atomic E-state index is 0.550. The minimum Gasteiger partial charge on any atom is -0.354 e. The van der Waals surface area contributed by atoms with E-state index >= 15 is 0 Å². The lowest BCUT2D eigenvalue weighted by Gasteiger charge is -1.93. The van der Waals surface area contributed by atoms with Crippen LogP contribution in [0, 0.1) is 0 Å². The van der Waals surface area contributed by atoms with E-state index in [9.17, 15) is 4.79 Å². The second kappa shape index (κ2) is 4.70. The Hall–Kier alpha value is -1.68. The van der Waals surface area contributed by atoms with Crippen LogP contribution in [0.3, 0.4) is 0 Å². The molecule has 0 radical (unpaired) electrons. The van der Waals surface area contributed by atoms with Crippen molar-refractivity contribution >= 4 is 17.7 Å². The Kier molecular flexibility index (Phi) is 3.09. The van der Waals surface area contributed by atoms with E-state index in [1.54, 1.807) is 17.5 Å². The fourth-order valence-electron chi connectivity index (χ4n) is 1.25. The Bertz CT molecular complexity index is 439. The number of nitrogens with one attached hydrogen (secondary N) is 1. The minimum atomic E-state index is 0.550. The lowest BCUT2D eigenvalue weighted by molar-refractivity contribution is -0.109. The molecule has 0 atom stereocenters. The van der Waals surface area contributed by atoms with Crippen LogP contribution in [0.25, 0.3) is 10.6 Å². The van der Waals surface area contributed by atoms with Crippen LogP contribution in [0.2, 0.25) is 0 Å². The van der Waals surface area contributed by atoms with Gasteiger partial charge < -0.3 is 5.32 Å². The Morgan fingerprint density at radius 2 is 2.13 bits per heavy atom. The Labute approximate surface area is 91.8 Å². The summed E-state index contributed by atoms with van der Waals surface area (Å²) < 4.78 is 0. The molecule has 0 unspecified atom stereocenters. The Balaban J connectivity index is 2.17. The zero-order chi connectivity index (χ0) is 10.5. The van der Waals surface area contributed by atoms with Gasteiger partial charge in [0, 0.05) is 16.6 Å². The predicted octanol–water partition coefficient (Wildman–Crippen LogP) is 2.06. The number of benzene rings is 1. The van der Waals surface area contributed by atoms with Crippen molar-refractivity contribution in [3.63, 3.8) is 0 Å². The molecule has 0 spiro atoms. The summed E-state index contributed by atoms with van der Waals surface area (Å²) >= 11 is 1.59. The number of hydrogen-bond acceptors (Lipinski definition) is 3. The van der Waals surface area contributed by atoms with Crippen LogP contribution in [0.1, 0.15) is 4.88 Å². The van der Waals surface area contributed by atoms with Gasteiger partial charge in [-0.1, -0.05) is 30.3 Å². The lowest BCUT2D eigenvalue weighted by Crippen LogP contribution is -2.07. The van der Waals surface area contributed by atoms with E-state index < -0.39 is 0 Å². The summed E-state index contributed by atoms with van der Waals surface area (Å²) in [7, 11) is 0. The van der Waals surface area contributed by atoms with Gasteiger partial charge in [-0.2, -0.15) is 0 Å². The number of carbonyl (C=O) groups is 1. The molecule has 15 heavy (non-hydrogen) atoms. The van der Waals surface area contributed by atoms with Gasteiger partial charge in [0.2, 0.25) is 6.41 Å². The molecule has 0 aliphatic heterocycles. The highest BCUT2D eigenvalue weighted by Crippen LogP contribution is 2.24. The number of rotatable bonds is 4. The van der Waals surface area contributed by atoms with Crippen LogP contribution in [0.15, 0.2) is 36.5 Å². The molecular formula is C11H10N2OS. The van der Waals surface area contributed by atoms with Crippen molar-refractivity contribution in [2.75, 3.05) is 0 Å². The summed E-state index contributed by atoms with van der Waals surface area (Å²) in [5.41, 5.74) is 1.11. The standard InChI is InChI=1S/C11H10N2OS/c14-8-12-6-10-7-13-11(15-10)9-4-2-1-3-5-9/h1-5,7-8H,6H2,(H,12,14). The molecule has 1 amide bonds. The smallest absolute Gasteiger partial charge is 0.207 e. The van der Waals surface area contributed by atoms with Gasteiger partial charge in [0.25, 0.3) is 0 Å². The number of thiazole rings is 1. The maximum atomic E-state index is 10.1. The summed E-state index contributed by atoms with van der Waals surface area (Å²) in [4.78, 5) is 15.5. The van der Waals surface area contributed by atoms with E-state index in [1.165, 1.54) is 0 Å². The first-order chi connectivity index (χ1) is 7.40. The third-order valence-electron chi connectivity index (χ3n) is 1.93. The fraction of sp³-hybridized carbons (Fsp3) is 0.0909. The number of hydrogen-bond donors (Lipinski definition) is 1. The molecular weight excluding hydrogens is 208 g/mol. The monoisotopic (exact) mass is 218 g/mol. The molecule has 4 heteroatoms. The van der Waals surface area contributed by atoms with Gasteiger partial charge >= 0.3 is 0 Å². The summed E-state index contributed by atoms with van der Waals surface area (Å²) in [6.45, 7) is 0.550. The van der Waals surface area contributed by atoms with Gasteiger partial charge in [-0.15, -0.1) is 11.3 Å². The van der Waals surface area contributed by atoms with Crippen LogP contribution in [0.4, 0.5) is 0 Å². The lowest BCUT2D eigenvalue weighted by atomic mass is 10.2. The van der Waals surface area contributed by atoms with Gasteiger partial charge in [-0.05, 0) is 0 Å². The van der Waals surface area contributed by atoms with Crippen LogP contribution in [-0.4, -0.2) is 11.4 Å². The van der Waals surface area contributed by atoms with E-state index in [2.05, 4.69) is 10.3 Å². The van der Waals surface area contributed by atoms with Gasteiger partial charge in [0.1, 0.15) is 5.01 Å². The number of nitrogens with zero attached hydrogens (tertiary/aromatic N) is 1. The highest BCUT2D eigenvalue weighted by atomic mass is 32.1. The molecule has 76 valence electrons. The molecule has 0 aliphatic carbocycles. The van der Waals surface area contributed by atoms with Crippen molar-refractivity contribution in [2.45, 2.75) is 6.54 Å². The molecule has 1 N–H and O–H groups in total. The molecule has 3 nitrogen and oxygen atoms in total. The maximum Gasteiger partial charge on any atom is 0.207 e. The zero-order valence-electron chi connectivity index (χ0n) is 8.01. The molecule has 0 aliphatic rings. The quantitative estimate of drug-likeness (QED) is 0.798. The van der Waals surface area contributed by atoms with Crippen LogP contribution in [-0.2, 0) is 11.3 Å². The average molecular weight is 218 g/mol. The van der Waals surface area contributed by atoms with E-state index in [0.29, 0.717) is 13.0 Å². The fourth-order valence-corrected chi connectivity index (χ4v) is 2.11. The van der Waals surface area contributed by atoms with Crippen LogP contribution >= 0.6 is 11.3 Å². The topological polar surface area (TPSA) is 42.0 Å². The molecule has 2 aromatic rings. The Morgan fingerprint density at radius 1 is 1.33 bits per heavy atom. The summed E-state index contributed by atoms with van der Waals surface area (Å²) in [5, 5.41) is 3.60. The molecule has 0 saturated heterocycles. The number of carbonyl (C=O) groups excluding carboxylic acids is 1. The molecule has 0 fully saturated rings. The Morgan fingerprint density at radius 3 is 2.87 bits per heavy atom. The maximum absolute atomic E-state index is 10.1. The zero-order valence-corrected chi connectivity index (χ0v) is 8.83. The van der Waals surface area contributed by atoms with Gasteiger partial charge in [0.05, 0.1) is 6.54 Å². The SMILES string of the molecule is O=CNCc1cnc(-c2ccccc2)s1. The van der Waals surface area contributed by atoms with E-state index in [4.69, 9.17) is 0 Å². The van der Waals surface area contributed by atoms with Crippen LogP contribution in [0.5, 0.6) is 0 Å². The van der Waals surface area contributed by atoms with Gasteiger partial charge in [0.15, 0.2) is 0 Å². The highest BCUT2D eigenvalue weighted by molar-refractivity contribution is 7.15. The second-order valence-corrected chi connectivity index (χ2v) is 4.11. The molecule has 1 aromatic heterocycles. The third-order valence-corrected chi connectivity index (χ3v) is 2.98. The van der Waals surface area contributed by atoms with E-state index in [0.717, 1.165) is 15.4 Å². The number of amides is 1. The van der Waals surface area contributed by atoms with Crippen molar-refractivity contribution in [3.8, 4) is 10.6 Å². The third kappa shape index (κ3) is 2.41.